The van der Waals surface area contributed by atoms with E-state index in [0.717, 1.165) is 38.8 Å². The van der Waals surface area contributed by atoms with Crippen LogP contribution in [0.2, 0.25) is 0 Å². The minimum Gasteiger partial charge on any atom is -0.325 e. The summed E-state index contributed by atoms with van der Waals surface area (Å²) >= 11 is 0. The van der Waals surface area contributed by atoms with E-state index in [1.54, 1.807) is 17.0 Å². The van der Waals surface area contributed by atoms with E-state index < -0.39 is 10.0 Å². The molecule has 1 aliphatic heterocycles. The van der Waals surface area contributed by atoms with E-state index in [9.17, 15) is 13.2 Å². The highest BCUT2D eigenvalue weighted by Crippen LogP contribution is 2.16. The highest BCUT2D eigenvalue weighted by atomic mass is 32.2. The molecule has 0 aliphatic carbocycles. The molecule has 0 aromatic heterocycles. The van der Waals surface area contributed by atoms with Crippen molar-refractivity contribution in [3.63, 3.8) is 0 Å². The predicted molar refractivity (Wildman–Crippen MR) is 91.0 cm³/mol. The minimum atomic E-state index is -3.47. The van der Waals surface area contributed by atoms with Crippen LogP contribution < -0.4 is 10.0 Å². The average molecular weight is 339 g/mol. The third kappa shape index (κ3) is 5.21. The van der Waals surface area contributed by atoms with Crippen molar-refractivity contribution in [2.45, 2.75) is 43.9 Å². The largest absolute Gasteiger partial charge is 0.325 e. The van der Waals surface area contributed by atoms with Gasteiger partial charge in [0.1, 0.15) is 0 Å². The number of unbranched alkanes of at least 4 members (excludes halogenated alkanes) is 1. The summed E-state index contributed by atoms with van der Waals surface area (Å²) < 4.78 is 26.7. The zero-order chi connectivity index (χ0) is 16.7. The van der Waals surface area contributed by atoms with Crippen LogP contribution in [0.3, 0.4) is 0 Å². The highest BCUT2D eigenvalue weighted by molar-refractivity contribution is 7.89. The standard InChI is InChI=1S/C16H25N3O3S/c1-2-3-11-17-23(21,22)15-9-7-14(8-10-15)18-16(20)19-12-5-4-6-13-19/h7-10,17H,2-6,11-13H2,1H3,(H,18,20). The second-order valence-electron chi connectivity index (χ2n) is 5.75. The molecule has 7 heteroatoms. The van der Waals surface area contributed by atoms with Crippen LogP contribution in [0.15, 0.2) is 29.2 Å². The van der Waals surface area contributed by atoms with Crippen molar-refractivity contribution in [3.05, 3.63) is 24.3 Å². The Morgan fingerprint density at radius 2 is 1.78 bits per heavy atom. The number of nitrogens with one attached hydrogen (secondary N) is 2. The molecule has 128 valence electrons. The maximum absolute atomic E-state index is 12.1. The molecule has 1 aromatic rings. The molecule has 2 amide bonds. The summed E-state index contributed by atoms with van der Waals surface area (Å²) in [6.07, 6.45) is 4.98. The van der Waals surface area contributed by atoms with Crippen molar-refractivity contribution < 1.29 is 13.2 Å². The lowest BCUT2D eigenvalue weighted by atomic mass is 10.1. The summed E-state index contributed by atoms with van der Waals surface area (Å²) in [7, 11) is -3.47. The number of sulfonamides is 1. The van der Waals surface area contributed by atoms with Gasteiger partial charge in [0.25, 0.3) is 0 Å². The van der Waals surface area contributed by atoms with Gasteiger partial charge in [0, 0.05) is 25.3 Å². The zero-order valence-corrected chi connectivity index (χ0v) is 14.4. The first-order valence-electron chi connectivity index (χ1n) is 8.18. The maximum Gasteiger partial charge on any atom is 0.321 e. The smallest absolute Gasteiger partial charge is 0.321 e. The predicted octanol–water partition coefficient (Wildman–Crippen LogP) is 2.78. The number of carbonyl (C=O) groups is 1. The van der Waals surface area contributed by atoms with Gasteiger partial charge in [-0.2, -0.15) is 0 Å². The van der Waals surface area contributed by atoms with E-state index in [1.807, 2.05) is 6.92 Å². The van der Waals surface area contributed by atoms with Crippen LogP contribution in [0, 0.1) is 0 Å². The maximum atomic E-state index is 12.1. The number of rotatable bonds is 6. The van der Waals surface area contributed by atoms with Crippen molar-refractivity contribution >= 4 is 21.7 Å². The Hall–Kier alpha value is -1.60. The highest BCUT2D eigenvalue weighted by Gasteiger charge is 2.17. The summed E-state index contributed by atoms with van der Waals surface area (Å²) in [5.41, 5.74) is 0.605. The van der Waals surface area contributed by atoms with Gasteiger partial charge in [-0.1, -0.05) is 13.3 Å². The first-order valence-corrected chi connectivity index (χ1v) is 9.67. The van der Waals surface area contributed by atoms with Crippen LogP contribution >= 0.6 is 0 Å². The van der Waals surface area contributed by atoms with Crippen LogP contribution in [0.4, 0.5) is 10.5 Å². The number of likely N-dealkylation sites (tertiary alicyclic amines) is 1. The van der Waals surface area contributed by atoms with E-state index in [-0.39, 0.29) is 10.9 Å². The van der Waals surface area contributed by atoms with E-state index >= 15 is 0 Å². The molecule has 1 aromatic carbocycles. The number of carbonyl (C=O) groups excluding carboxylic acids is 1. The van der Waals surface area contributed by atoms with Gasteiger partial charge >= 0.3 is 6.03 Å². The third-order valence-corrected chi connectivity index (χ3v) is 5.36. The fraction of sp³-hybridized carbons (Fsp3) is 0.562. The molecule has 0 atom stereocenters. The molecule has 0 spiro atoms. The normalized spacial score (nSPS) is 15.4. The van der Waals surface area contributed by atoms with Gasteiger partial charge in [-0.15, -0.1) is 0 Å². The summed E-state index contributed by atoms with van der Waals surface area (Å²) in [4.78, 5) is 14.1. The Bertz CT molecular complexity index is 608. The van der Waals surface area contributed by atoms with Crippen molar-refractivity contribution in [2.75, 3.05) is 25.0 Å². The molecule has 1 saturated heterocycles. The van der Waals surface area contributed by atoms with Crippen LogP contribution in [-0.4, -0.2) is 39.0 Å². The Labute approximate surface area is 138 Å². The van der Waals surface area contributed by atoms with Gasteiger partial charge < -0.3 is 10.2 Å². The summed E-state index contributed by atoms with van der Waals surface area (Å²) in [5, 5.41) is 2.81. The lowest BCUT2D eigenvalue weighted by Crippen LogP contribution is -2.38. The molecule has 0 unspecified atom stereocenters. The summed E-state index contributed by atoms with van der Waals surface area (Å²) in [6, 6.07) is 6.15. The first kappa shape index (κ1) is 17.7. The fourth-order valence-corrected chi connectivity index (χ4v) is 3.56. The second-order valence-corrected chi connectivity index (χ2v) is 7.52. The molecular formula is C16H25N3O3S. The Kier molecular flexibility index (Phi) is 6.41. The summed E-state index contributed by atoms with van der Waals surface area (Å²) in [6.45, 7) is 4.00. The lowest BCUT2D eigenvalue weighted by molar-refractivity contribution is 0.200. The molecule has 0 radical (unpaired) electrons. The molecule has 0 saturated carbocycles. The average Bonchev–Trinajstić information content (AvgIpc) is 2.56. The third-order valence-electron chi connectivity index (χ3n) is 3.88. The van der Waals surface area contributed by atoms with Gasteiger partial charge in [0.2, 0.25) is 10.0 Å². The lowest BCUT2D eigenvalue weighted by Gasteiger charge is -2.26. The van der Waals surface area contributed by atoms with Gasteiger partial charge in [0.05, 0.1) is 4.90 Å². The van der Waals surface area contributed by atoms with Crippen LogP contribution in [-0.2, 0) is 10.0 Å². The monoisotopic (exact) mass is 339 g/mol. The molecule has 2 N–H and O–H groups in total. The zero-order valence-electron chi connectivity index (χ0n) is 13.5. The second kappa shape index (κ2) is 8.31. The number of amides is 2. The van der Waals surface area contributed by atoms with Gasteiger partial charge in [-0.05, 0) is 49.9 Å². The molecule has 6 nitrogen and oxygen atoms in total. The Morgan fingerprint density at radius 1 is 1.13 bits per heavy atom. The van der Waals surface area contributed by atoms with Gasteiger partial charge in [0.15, 0.2) is 0 Å². The first-order chi connectivity index (χ1) is 11.0. The molecule has 2 rings (SSSR count). The van der Waals surface area contributed by atoms with Crippen LogP contribution in [0.5, 0.6) is 0 Å². The molecular weight excluding hydrogens is 314 g/mol. The van der Waals surface area contributed by atoms with Crippen molar-refractivity contribution in [1.82, 2.24) is 9.62 Å². The van der Waals surface area contributed by atoms with E-state index in [0.29, 0.717) is 12.2 Å². The van der Waals surface area contributed by atoms with Crippen molar-refractivity contribution in [1.29, 1.82) is 0 Å². The van der Waals surface area contributed by atoms with Crippen molar-refractivity contribution in [2.24, 2.45) is 0 Å². The van der Waals surface area contributed by atoms with Crippen LogP contribution in [0.25, 0.3) is 0 Å². The molecule has 1 heterocycles. The van der Waals surface area contributed by atoms with E-state index in [4.69, 9.17) is 0 Å². The number of hydrogen-bond acceptors (Lipinski definition) is 3. The minimum absolute atomic E-state index is 0.124. The topological polar surface area (TPSA) is 78.5 Å². The number of anilines is 1. The fourth-order valence-electron chi connectivity index (χ4n) is 2.48. The molecule has 23 heavy (non-hydrogen) atoms. The van der Waals surface area contributed by atoms with Crippen LogP contribution in [0.1, 0.15) is 39.0 Å². The Balaban J connectivity index is 1.94. The number of hydrogen-bond donors (Lipinski definition) is 2. The number of benzene rings is 1. The van der Waals surface area contributed by atoms with Gasteiger partial charge in [-0.3, -0.25) is 0 Å². The number of piperidine rings is 1. The molecule has 1 fully saturated rings. The van der Waals surface area contributed by atoms with E-state index in [1.165, 1.54) is 18.6 Å². The number of nitrogens with zero attached hydrogens (tertiary/aromatic N) is 1. The van der Waals surface area contributed by atoms with Gasteiger partial charge in [-0.25, -0.2) is 17.9 Å². The number of urea groups is 1. The van der Waals surface area contributed by atoms with E-state index in [2.05, 4.69) is 10.0 Å². The SMILES string of the molecule is CCCCNS(=O)(=O)c1ccc(NC(=O)N2CCCCC2)cc1. The molecule has 1 aliphatic rings. The molecule has 0 bridgehead atoms. The summed E-state index contributed by atoms with van der Waals surface area (Å²) in [5.74, 6) is 0. The quantitative estimate of drug-likeness (QED) is 0.782. The van der Waals surface area contributed by atoms with Crippen molar-refractivity contribution in [3.8, 4) is 0 Å². The Morgan fingerprint density at radius 3 is 2.39 bits per heavy atom.